The number of rotatable bonds is 24. The maximum Gasteiger partial charge on any atom is 0.0784 e. The molecule has 0 aliphatic heterocycles. The molecule has 204 valence electrons. The molecule has 2 unspecified atom stereocenters. The maximum atomic E-state index is 2.44. The van der Waals surface area contributed by atoms with Gasteiger partial charge < -0.3 is 42.9 Å². The molecule has 0 amide bonds. The van der Waals surface area contributed by atoms with E-state index in [2.05, 4.69) is 41.8 Å². The van der Waals surface area contributed by atoms with Gasteiger partial charge in [0.1, 0.15) is 0 Å². The third kappa shape index (κ3) is 23.1. The van der Waals surface area contributed by atoms with Crippen LogP contribution in [-0.2, 0) is 0 Å². The average Bonchev–Trinajstić information content (AvgIpc) is 2.76. The molecule has 33 heavy (non-hydrogen) atoms. The standard InChI is InChI=1S/C29H64N2.2BrH/c1-7-26-30(5,9-3)28-24-22-20-18-16-14-12-11-13-15-17-19-21-23-25-29-31(6,10-4)27-8-2;;/h7-29H2,1-6H3;2*1H/q+2;;/p-2. The summed E-state index contributed by atoms with van der Waals surface area (Å²) in [6.45, 7) is 17.4. The Labute approximate surface area is 232 Å². The minimum Gasteiger partial charge on any atom is -1.00 e. The van der Waals surface area contributed by atoms with E-state index in [1.165, 1.54) is 157 Å². The Morgan fingerprint density at radius 3 is 0.727 bits per heavy atom. The molecular weight excluding hydrogens is 536 g/mol. The van der Waals surface area contributed by atoms with E-state index in [9.17, 15) is 0 Å². The highest BCUT2D eigenvalue weighted by molar-refractivity contribution is 4.51. The molecule has 0 spiro atoms. The molecule has 0 aromatic carbocycles. The lowest BCUT2D eigenvalue weighted by Gasteiger charge is -2.33. The zero-order valence-electron chi connectivity index (χ0n) is 23.9. The molecule has 0 aromatic rings. The van der Waals surface area contributed by atoms with Crippen LogP contribution in [0.15, 0.2) is 0 Å². The van der Waals surface area contributed by atoms with Gasteiger partial charge in [-0.1, -0.05) is 84.5 Å². The van der Waals surface area contributed by atoms with E-state index >= 15 is 0 Å². The molecule has 0 aromatic heterocycles. The average molecular weight is 601 g/mol. The van der Waals surface area contributed by atoms with E-state index in [1.54, 1.807) is 0 Å². The Morgan fingerprint density at radius 1 is 0.333 bits per heavy atom. The zero-order valence-corrected chi connectivity index (χ0v) is 27.1. The van der Waals surface area contributed by atoms with Gasteiger partial charge in [-0.15, -0.1) is 0 Å². The Balaban J connectivity index is -0.00000450. The van der Waals surface area contributed by atoms with Gasteiger partial charge in [0.2, 0.25) is 0 Å². The van der Waals surface area contributed by atoms with E-state index in [0.717, 1.165) is 0 Å². The summed E-state index contributed by atoms with van der Waals surface area (Å²) in [6, 6.07) is 0. The monoisotopic (exact) mass is 598 g/mol. The predicted octanol–water partition coefficient (Wildman–Crippen LogP) is 2.60. The van der Waals surface area contributed by atoms with Gasteiger partial charge in [0.15, 0.2) is 0 Å². The highest BCUT2D eigenvalue weighted by Gasteiger charge is 2.17. The smallest absolute Gasteiger partial charge is 0.0784 e. The maximum absolute atomic E-state index is 2.44. The van der Waals surface area contributed by atoms with Crippen molar-refractivity contribution in [2.75, 3.05) is 53.4 Å². The van der Waals surface area contributed by atoms with Gasteiger partial charge in [-0.3, -0.25) is 0 Å². The minimum absolute atomic E-state index is 0. The van der Waals surface area contributed by atoms with Crippen LogP contribution >= 0.6 is 0 Å². The second-order valence-electron chi connectivity index (χ2n) is 11.1. The third-order valence-corrected chi connectivity index (χ3v) is 7.95. The van der Waals surface area contributed by atoms with Crippen LogP contribution in [0, 0.1) is 0 Å². The van der Waals surface area contributed by atoms with Crippen molar-refractivity contribution in [3.63, 3.8) is 0 Å². The molecule has 2 nitrogen and oxygen atoms in total. The molecule has 0 aliphatic carbocycles. The van der Waals surface area contributed by atoms with Crippen LogP contribution in [0.4, 0.5) is 0 Å². The van der Waals surface area contributed by atoms with Gasteiger partial charge in [-0.05, 0) is 52.4 Å². The van der Waals surface area contributed by atoms with Crippen molar-refractivity contribution in [2.45, 2.75) is 137 Å². The Bertz CT molecular complexity index is 347. The number of hydrogen-bond donors (Lipinski definition) is 0. The molecule has 0 aliphatic rings. The van der Waals surface area contributed by atoms with Crippen LogP contribution in [0.25, 0.3) is 0 Å². The molecule has 0 rings (SSSR count). The first-order chi connectivity index (χ1) is 14.9. The summed E-state index contributed by atoms with van der Waals surface area (Å²) in [6.07, 6.45) is 24.6. The molecule has 0 saturated carbocycles. The summed E-state index contributed by atoms with van der Waals surface area (Å²) >= 11 is 0. The van der Waals surface area contributed by atoms with Gasteiger partial charge in [-0.25, -0.2) is 0 Å². The number of nitrogens with zero attached hydrogens (tertiary/aromatic N) is 2. The van der Waals surface area contributed by atoms with Crippen LogP contribution in [0.1, 0.15) is 137 Å². The SMILES string of the molecule is CCC[N+](C)(CC)CCCCCCCCCCCCCCCCC[N+](C)(CC)CCC.[Br-].[Br-]. The zero-order chi connectivity index (χ0) is 23.3. The van der Waals surface area contributed by atoms with Crippen LogP contribution in [0.3, 0.4) is 0 Å². The lowest BCUT2D eigenvalue weighted by Crippen LogP contribution is -3.00. The molecule has 0 saturated heterocycles. The minimum atomic E-state index is 0. The molecule has 0 fully saturated rings. The van der Waals surface area contributed by atoms with E-state index in [-0.39, 0.29) is 34.0 Å². The molecule has 0 heterocycles. The van der Waals surface area contributed by atoms with E-state index in [0.29, 0.717) is 0 Å². The predicted molar refractivity (Wildman–Crippen MR) is 143 cm³/mol. The normalized spacial score (nSPS) is 14.7. The lowest BCUT2D eigenvalue weighted by atomic mass is 10.0. The van der Waals surface area contributed by atoms with Crippen molar-refractivity contribution >= 4 is 0 Å². The number of halogens is 2. The fourth-order valence-corrected chi connectivity index (χ4v) is 5.22. The van der Waals surface area contributed by atoms with Crippen LogP contribution < -0.4 is 34.0 Å². The Morgan fingerprint density at radius 2 is 0.545 bits per heavy atom. The summed E-state index contributed by atoms with van der Waals surface area (Å²) in [5, 5.41) is 0. The fourth-order valence-electron chi connectivity index (χ4n) is 5.22. The first-order valence-electron chi connectivity index (χ1n) is 14.6. The summed E-state index contributed by atoms with van der Waals surface area (Å²) in [4.78, 5) is 0. The highest BCUT2D eigenvalue weighted by Crippen LogP contribution is 2.15. The van der Waals surface area contributed by atoms with Gasteiger partial charge in [0, 0.05) is 0 Å². The quantitative estimate of drug-likeness (QED) is 0.118. The second kappa shape index (κ2) is 26.0. The molecule has 0 radical (unpaired) electrons. The van der Waals surface area contributed by atoms with Crippen molar-refractivity contribution in [3.8, 4) is 0 Å². The Kier molecular flexibility index (Phi) is 30.2. The Hall–Kier alpha value is 0.880. The fraction of sp³-hybridized carbons (Fsp3) is 1.00. The van der Waals surface area contributed by atoms with Crippen molar-refractivity contribution in [2.24, 2.45) is 0 Å². The second-order valence-corrected chi connectivity index (χ2v) is 11.1. The van der Waals surface area contributed by atoms with Crippen LogP contribution in [-0.4, -0.2) is 62.3 Å². The first-order valence-corrected chi connectivity index (χ1v) is 14.6. The highest BCUT2D eigenvalue weighted by atomic mass is 79.9. The lowest BCUT2D eigenvalue weighted by molar-refractivity contribution is -0.908. The van der Waals surface area contributed by atoms with E-state index in [1.807, 2.05) is 0 Å². The molecule has 0 bridgehead atoms. The van der Waals surface area contributed by atoms with Crippen LogP contribution in [0.2, 0.25) is 0 Å². The summed E-state index contributed by atoms with van der Waals surface area (Å²) in [7, 11) is 4.89. The summed E-state index contributed by atoms with van der Waals surface area (Å²) in [5.41, 5.74) is 0. The van der Waals surface area contributed by atoms with Gasteiger partial charge in [-0.2, -0.15) is 0 Å². The molecule has 0 N–H and O–H groups in total. The van der Waals surface area contributed by atoms with Crippen LogP contribution in [0.5, 0.6) is 0 Å². The largest absolute Gasteiger partial charge is 1.00 e. The summed E-state index contributed by atoms with van der Waals surface area (Å²) < 4.78 is 2.57. The first kappa shape index (κ1) is 38.4. The summed E-state index contributed by atoms with van der Waals surface area (Å²) in [5.74, 6) is 0. The number of quaternary nitrogens is 2. The van der Waals surface area contributed by atoms with E-state index < -0.39 is 0 Å². The molecule has 4 heteroatoms. The molecule has 2 atom stereocenters. The molecular formula is C29H64Br2N2. The van der Waals surface area contributed by atoms with Crippen molar-refractivity contribution in [1.29, 1.82) is 0 Å². The van der Waals surface area contributed by atoms with Crippen molar-refractivity contribution < 1.29 is 42.9 Å². The van der Waals surface area contributed by atoms with Crippen molar-refractivity contribution in [3.05, 3.63) is 0 Å². The van der Waals surface area contributed by atoms with Gasteiger partial charge >= 0.3 is 0 Å². The van der Waals surface area contributed by atoms with Gasteiger partial charge in [0.25, 0.3) is 0 Å². The van der Waals surface area contributed by atoms with E-state index in [4.69, 9.17) is 0 Å². The van der Waals surface area contributed by atoms with Gasteiger partial charge in [0.05, 0.1) is 53.4 Å². The number of unbranched alkanes of at least 4 members (excludes halogenated alkanes) is 14. The van der Waals surface area contributed by atoms with Crippen molar-refractivity contribution in [1.82, 2.24) is 0 Å². The number of hydrogen-bond acceptors (Lipinski definition) is 0. The topological polar surface area (TPSA) is 0 Å². The third-order valence-electron chi connectivity index (χ3n) is 7.95.